The Morgan fingerprint density at radius 2 is 2.00 bits per heavy atom. The normalized spacial score (nSPS) is 10.0. The van der Waals surface area contributed by atoms with Crippen LogP contribution in [0.4, 0.5) is 11.4 Å². The summed E-state index contributed by atoms with van der Waals surface area (Å²) in [5, 5.41) is 5.75. The summed E-state index contributed by atoms with van der Waals surface area (Å²) in [6.45, 7) is 1.75. The molecule has 23 heavy (non-hydrogen) atoms. The van der Waals surface area contributed by atoms with Crippen LogP contribution in [0.5, 0.6) is 5.88 Å². The molecule has 0 unspecified atom stereocenters. The van der Waals surface area contributed by atoms with Crippen molar-refractivity contribution in [1.82, 2.24) is 4.98 Å². The average molecular weight is 334 g/mol. The van der Waals surface area contributed by atoms with Crippen LogP contribution in [-0.2, 0) is 4.79 Å². The van der Waals surface area contributed by atoms with Crippen LogP contribution < -0.4 is 15.4 Å². The van der Waals surface area contributed by atoms with Gasteiger partial charge < -0.3 is 15.4 Å². The summed E-state index contributed by atoms with van der Waals surface area (Å²) < 4.78 is 4.99. The van der Waals surface area contributed by atoms with Gasteiger partial charge in [-0.3, -0.25) is 9.59 Å². The lowest BCUT2D eigenvalue weighted by molar-refractivity contribution is -0.115. The molecule has 0 aliphatic rings. The third kappa shape index (κ3) is 4.43. The third-order valence-electron chi connectivity index (χ3n) is 3.03. The number of halogens is 1. The number of carbonyl (C=O) groups excluding carboxylic acids is 2. The molecule has 2 aromatic rings. The summed E-state index contributed by atoms with van der Waals surface area (Å²) in [4.78, 5) is 27.5. The summed E-state index contributed by atoms with van der Waals surface area (Å²) in [7, 11) is 1.48. The second-order valence-corrected chi connectivity index (χ2v) is 5.04. The first kappa shape index (κ1) is 16.8. The molecule has 2 N–H and O–H groups in total. The molecule has 120 valence electrons. The first-order valence-corrected chi connectivity index (χ1v) is 7.32. The van der Waals surface area contributed by atoms with Crippen molar-refractivity contribution in [3.63, 3.8) is 0 Å². The molecule has 0 fully saturated rings. The van der Waals surface area contributed by atoms with Crippen LogP contribution in [0.3, 0.4) is 0 Å². The van der Waals surface area contributed by atoms with Crippen molar-refractivity contribution in [1.29, 1.82) is 0 Å². The van der Waals surface area contributed by atoms with E-state index in [2.05, 4.69) is 15.6 Å². The molecular weight excluding hydrogens is 318 g/mol. The fourth-order valence-electron chi connectivity index (χ4n) is 1.80. The summed E-state index contributed by atoms with van der Waals surface area (Å²) in [6, 6.07) is 7.98. The van der Waals surface area contributed by atoms with Gasteiger partial charge in [-0.1, -0.05) is 18.5 Å². The van der Waals surface area contributed by atoms with Crippen LogP contribution in [0.15, 0.2) is 36.5 Å². The molecule has 0 saturated heterocycles. The van der Waals surface area contributed by atoms with Crippen molar-refractivity contribution in [2.45, 2.75) is 13.3 Å². The number of benzene rings is 1. The molecule has 2 amide bonds. The minimum absolute atomic E-state index is 0.132. The summed E-state index contributed by atoms with van der Waals surface area (Å²) >= 11 is 6.11. The molecule has 7 heteroatoms. The van der Waals surface area contributed by atoms with Gasteiger partial charge in [-0.2, -0.15) is 0 Å². The van der Waals surface area contributed by atoms with Crippen molar-refractivity contribution in [3.8, 4) is 5.88 Å². The number of pyridine rings is 1. The lowest BCUT2D eigenvalue weighted by atomic mass is 10.2. The maximum absolute atomic E-state index is 12.2. The van der Waals surface area contributed by atoms with Gasteiger partial charge in [0.05, 0.1) is 17.8 Å². The Balaban J connectivity index is 2.12. The minimum atomic E-state index is -0.313. The SMILES string of the molecule is CCC(=O)Nc1ccc(NC(=O)c2ccnc(OC)c2)cc1Cl. The van der Waals surface area contributed by atoms with Gasteiger partial charge in [-0.15, -0.1) is 0 Å². The first-order chi connectivity index (χ1) is 11.0. The maximum atomic E-state index is 12.2. The molecule has 1 heterocycles. The Morgan fingerprint density at radius 1 is 1.22 bits per heavy atom. The van der Waals surface area contributed by atoms with E-state index in [0.29, 0.717) is 34.3 Å². The highest BCUT2D eigenvalue weighted by molar-refractivity contribution is 6.34. The lowest BCUT2D eigenvalue weighted by Gasteiger charge is -2.10. The summed E-state index contributed by atoms with van der Waals surface area (Å²) in [5.41, 5.74) is 1.43. The molecule has 0 radical (unpaired) electrons. The highest BCUT2D eigenvalue weighted by atomic mass is 35.5. The predicted molar refractivity (Wildman–Crippen MR) is 89.1 cm³/mol. The van der Waals surface area contributed by atoms with Gasteiger partial charge in [0, 0.05) is 29.9 Å². The van der Waals surface area contributed by atoms with Crippen LogP contribution in [-0.4, -0.2) is 23.9 Å². The van der Waals surface area contributed by atoms with E-state index in [-0.39, 0.29) is 11.8 Å². The van der Waals surface area contributed by atoms with E-state index in [1.165, 1.54) is 19.4 Å². The predicted octanol–water partition coefficient (Wildman–Crippen LogP) is 3.34. The van der Waals surface area contributed by atoms with E-state index in [9.17, 15) is 9.59 Å². The number of rotatable bonds is 5. The van der Waals surface area contributed by atoms with Crippen molar-refractivity contribution in [3.05, 3.63) is 47.1 Å². The first-order valence-electron chi connectivity index (χ1n) is 6.94. The molecule has 0 saturated carbocycles. The number of hydrogen-bond acceptors (Lipinski definition) is 4. The van der Waals surface area contributed by atoms with Crippen LogP contribution in [0.2, 0.25) is 5.02 Å². The number of nitrogens with one attached hydrogen (secondary N) is 2. The molecule has 2 rings (SSSR count). The quantitative estimate of drug-likeness (QED) is 0.879. The smallest absolute Gasteiger partial charge is 0.255 e. The van der Waals surface area contributed by atoms with E-state index in [1.807, 2.05) is 0 Å². The second kappa shape index (κ2) is 7.60. The lowest BCUT2D eigenvalue weighted by Crippen LogP contribution is -2.13. The van der Waals surface area contributed by atoms with Gasteiger partial charge in [0.25, 0.3) is 5.91 Å². The van der Waals surface area contributed by atoms with Crippen molar-refractivity contribution in [2.24, 2.45) is 0 Å². The Hall–Kier alpha value is -2.60. The molecule has 0 bridgehead atoms. The highest BCUT2D eigenvalue weighted by Crippen LogP contribution is 2.26. The molecule has 0 spiro atoms. The van der Waals surface area contributed by atoms with Gasteiger partial charge in [0.15, 0.2) is 0 Å². The van der Waals surface area contributed by atoms with Crippen molar-refractivity contribution < 1.29 is 14.3 Å². The monoisotopic (exact) mass is 333 g/mol. The number of amides is 2. The molecule has 1 aromatic heterocycles. The number of carbonyl (C=O) groups is 2. The van der Waals surface area contributed by atoms with Crippen LogP contribution in [0.25, 0.3) is 0 Å². The fourth-order valence-corrected chi connectivity index (χ4v) is 2.03. The van der Waals surface area contributed by atoms with Crippen molar-refractivity contribution in [2.75, 3.05) is 17.7 Å². The van der Waals surface area contributed by atoms with E-state index in [1.54, 1.807) is 31.2 Å². The second-order valence-electron chi connectivity index (χ2n) is 4.64. The maximum Gasteiger partial charge on any atom is 0.255 e. The van der Waals surface area contributed by atoms with Gasteiger partial charge in [-0.25, -0.2) is 4.98 Å². The average Bonchev–Trinajstić information content (AvgIpc) is 2.57. The third-order valence-corrected chi connectivity index (χ3v) is 3.34. The Bertz CT molecular complexity index is 734. The molecule has 0 atom stereocenters. The topological polar surface area (TPSA) is 80.3 Å². The van der Waals surface area contributed by atoms with Gasteiger partial charge >= 0.3 is 0 Å². The van der Waals surface area contributed by atoms with E-state index in [4.69, 9.17) is 16.3 Å². The van der Waals surface area contributed by atoms with Crippen LogP contribution >= 0.6 is 11.6 Å². The van der Waals surface area contributed by atoms with Gasteiger partial charge in [0.1, 0.15) is 0 Å². The van der Waals surface area contributed by atoms with Crippen LogP contribution in [0, 0.1) is 0 Å². The number of nitrogens with zero attached hydrogens (tertiary/aromatic N) is 1. The number of methoxy groups -OCH3 is 1. The fraction of sp³-hybridized carbons (Fsp3) is 0.188. The largest absolute Gasteiger partial charge is 0.481 e. The van der Waals surface area contributed by atoms with Gasteiger partial charge in [0.2, 0.25) is 11.8 Å². The molecule has 0 aliphatic heterocycles. The number of hydrogen-bond donors (Lipinski definition) is 2. The molecule has 0 aliphatic carbocycles. The zero-order chi connectivity index (χ0) is 16.8. The Morgan fingerprint density at radius 3 is 2.65 bits per heavy atom. The summed E-state index contributed by atoms with van der Waals surface area (Å²) in [6.07, 6.45) is 1.85. The number of ether oxygens (including phenoxy) is 1. The zero-order valence-electron chi connectivity index (χ0n) is 12.7. The summed E-state index contributed by atoms with van der Waals surface area (Å²) in [5.74, 6) is -0.0898. The number of aromatic nitrogens is 1. The van der Waals surface area contributed by atoms with E-state index in [0.717, 1.165) is 0 Å². The van der Waals surface area contributed by atoms with E-state index < -0.39 is 0 Å². The van der Waals surface area contributed by atoms with E-state index >= 15 is 0 Å². The standard InChI is InChI=1S/C16H16ClN3O3/c1-3-14(21)20-13-5-4-11(9-12(13)17)19-16(22)10-6-7-18-15(8-10)23-2/h4-9H,3H2,1-2H3,(H,19,22)(H,20,21). The van der Waals surface area contributed by atoms with Gasteiger partial charge in [-0.05, 0) is 24.3 Å². The Kier molecular flexibility index (Phi) is 5.54. The molecule has 1 aromatic carbocycles. The molecule has 6 nitrogen and oxygen atoms in total. The molecular formula is C16H16ClN3O3. The number of anilines is 2. The van der Waals surface area contributed by atoms with Crippen molar-refractivity contribution >= 4 is 34.8 Å². The zero-order valence-corrected chi connectivity index (χ0v) is 13.5. The Labute approximate surface area is 138 Å². The van der Waals surface area contributed by atoms with Crippen LogP contribution in [0.1, 0.15) is 23.7 Å². The minimum Gasteiger partial charge on any atom is -0.481 e. The highest BCUT2D eigenvalue weighted by Gasteiger charge is 2.10.